The molecule has 0 saturated carbocycles. The molecular weight excluding hydrogens is 370 g/mol. The van der Waals surface area contributed by atoms with Gasteiger partial charge in [0.15, 0.2) is 0 Å². The number of fused-ring (bicyclic) bond motifs is 1. The fourth-order valence-electron chi connectivity index (χ4n) is 2.70. The van der Waals surface area contributed by atoms with Crippen molar-refractivity contribution in [3.8, 4) is 5.75 Å². The lowest BCUT2D eigenvalue weighted by Gasteiger charge is -2.15. The molecule has 2 aromatic carbocycles. The van der Waals surface area contributed by atoms with Crippen LogP contribution in [0.4, 0.5) is 0 Å². The van der Waals surface area contributed by atoms with Crippen molar-refractivity contribution in [2.75, 3.05) is 7.11 Å². The molecule has 1 heterocycles. The Morgan fingerprint density at radius 2 is 2.08 bits per heavy atom. The summed E-state index contributed by atoms with van der Waals surface area (Å²) in [7, 11) is 1.61. The van der Waals surface area contributed by atoms with Gasteiger partial charge in [-0.3, -0.25) is 4.79 Å². The molecule has 124 valence electrons. The first-order chi connectivity index (χ1) is 11.6. The highest BCUT2D eigenvalue weighted by Crippen LogP contribution is 2.26. The number of halogens is 1. The monoisotopic (exact) mass is 387 g/mol. The van der Waals surface area contributed by atoms with Crippen molar-refractivity contribution < 1.29 is 13.9 Å². The molecule has 0 aliphatic carbocycles. The van der Waals surface area contributed by atoms with E-state index >= 15 is 0 Å². The highest BCUT2D eigenvalue weighted by molar-refractivity contribution is 9.10. The van der Waals surface area contributed by atoms with Crippen LogP contribution in [0.25, 0.3) is 11.0 Å². The van der Waals surface area contributed by atoms with E-state index in [1.54, 1.807) is 13.4 Å². The lowest BCUT2D eigenvalue weighted by molar-refractivity contribution is -0.121. The van der Waals surface area contributed by atoms with Gasteiger partial charge in [0.1, 0.15) is 11.3 Å². The summed E-state index contributed by atoms with van der Waals surface area (Å²) >= 11 is 3.52. The first-order valence-corrected chi connectivity index (χ1v) is 8.45. The Hall–Kier alpha value is -2.27. The first kappa shape index (κ1) is 16.6. The molecule has 4 nitrogen and oxygen atoms in total. The van der Waals surface area contributed by atoms with E-state index in [0.717, 1.165) is 32.3 Å². The maximum absolute atomic E-state index is 12.4. The molecule has 0 fully saturated rings. The summed E-state index contributed by atoms with van der Waals surface area (Å²) in [5.74, 6) is 0.687. The van der Waals surface area contributed by atoms with E-state index in [1.807, 2.05) is 49.4 Å². The fraction of sp³-hybridized carbons (Fsp3) is 0.211. The highest BCUT2D eigenvalue weighted by atomic mass is 79.9. The molecule has 0 aliphatic rings. The maximum Gasteiger partial charge on any atom is 0.225 e. The van der Waals surface area contributed by atoms with Crippen LogP contribution in [0.1, 0.15) is 24.1 Å². The van der Waals surface area contributed by atoms with Gasteiger partial charge >= 0.3 is 0 Å². The molecule has 3 rings (SSSR count). The van der Waals surface area contributed by atoms with Crippen molar-refractivity contribution in [3.05, 3.63) is 64.3 Å². The minimum absolute atomic E-state index is 0.0447. The number of hydrogen-bond donors (Lipinski definition) is 1. The number of benzene rings is 2. The smallest absolute Gasteiger partial charge is 0.225 e. The summed E-state index contributed by atoms with van der Waals surface area (Å²) < 4.78 is 11.7. The van der Waals surface area contributed by atoms with Gasteiger partial charge in [0, 0.05) is 21.5 Å². The van der Waals surface area contributed by atoms with Crippen molar-refractivity contribution in [2.45, 2.75) is 19.4 Å². The maximum atomic E-state index is 12.4. The predicted molar refractivity (Wildman–Crippen MR) is 97.2 cm³/mol. The van der Waals surface area contributed by atoms with Gasteiger partial charge in [-0.1, -0.05) is 34.1 Å². The van der Waals surface area contributed by atoms with Gasteiger partial charge in [0.25, 0.3) is 0 Å². The average molecular weight is 388 g/mol. The zero-order chi connectivity index (χ0) is 17.1. The molecule has 0 saturated heterocycles. The van der Waals surface area contributed by atoms with E-state index < -0.39 is 0 Å². The highest BCUT2D eigenvalue weighted by Gasteiger charge is 2.15. The largest absolute Gasteiger partial charge is 0.497 e. The second kappa shape index (κ2) is 7.09. The Kier molecular flexibility index (Phi) is 4.90. The predicted octanol–water partition coefficient (Wildman–Crippen LogP) is 4.62. The summed E-state index contributed by atoms with van der Waals surface area (Å²) in [6, 6.07) is 13.4. The Labute approximate surface area is 148 Å². The van der Waals surface area contributed by atoms with Gasteiger partial charge in [0.05, 0.1) is 25.8 Å². The third kappa shape index (κ3) is 3.46. The van der Waals surface area contributed by atoms with E-state index in [1.165, 1.54) is 0 Å². The number of furan rings is 1. The Morgan fingerprint density at radius 3 is 2.83 bits per heavy atom. The number of rotatable bonds is 5. The summed E-state index contributed by atoms with van der Waals surface area (Å²) in [5, 5.41) is 3.96. The Morgan fingerprint density at radius 1 is 1.29 bits per heavy atom. The third-order valence-corrected chi connectivity index (χ3v) is 4.69. The molecule has 0 radical (unpaired) electrons. The van der Waals surface area contributed by atoms with Crippen LogP contribution in [0.3, 0.4) is 0 Å². The van der Waals surface area contributed by atoms with E-state index in [9.17, 15) is 4.79 Å². The van der Waals surface area contributed by atoms with Gasteiger partial charge in [-0.2, -0.15) is 0 Å². The van der Waals surface area contributed by atoms with Gasteiger partial charge in [-0.05, 0) is 30.7 Å². The number of carbonyl (C=O) groups is 1. The number of methoxy groups -OCH3 is 1. The van der Waals surface area contributed by atoms with E-state index in [4.69, 9.17) is 9.15 Å². The van der Waals surface area contributed by atoms with Gasteiger partial charge < -0.3 is 14.5 Å². The van der Waals surface area contributed by atoms with Crippen LogP contribution >= 0.6 is 15.9 Å². The molecule has 0 aliphatic heterocycles. The minimum Gasteiger partial charge on any atom is -0.497 e. The van der Waals surface area contributed by atoms with Crippen molar-refractivity contribution in [2.24, 2.45) is 0 Å². The lowest BCUT2D eigenvalue weighted by atomic mass is 10.1. The number of hydrogen-bond acceptors (Lipinski definition) is 3. The summed E-state index contributed by atoms with van der Waals surface area (Å²) in [6.45, 7) is 1.97. The molecule has 1 unspecified atom stereocenters. The van der Waals surface area contributed by atoms with Crippen molar-refractivity contribution in [1.29, 1.82) is 0 Å². The third-order valence-electron chi connectivity index (χ3n) is 3.96. The standard InChI is InChI=1S/C19H18BrNO3/c1-12(15-5-3-4-6-17(15)20)21-19(22)9-13-11-24-18-10-14(23-2)7-8-16(13)18/h3-8,10-12H,9H2,1-2H3,(H,21,22). The average Bonchev–Trinajstić information content (AvgIpc) is 2.97. The summed E-state index contributed by atoms with van der Waals surface area (Å²) in [5.41, 5.74) is 2.63. The van der Waals surface area contributed by atoms with Crippen LogP contribution in [0.15, 0.2) is 57.6 Å². The van der Waals surface area contributed by atoms with Crippen LogP contribution in [-0.2, 0) is 11.2 Å². The van der Waals surface area contributed by atoms with E-state index in [2.05, 4.69) is 21.2 Å². The van der Waals surface area contributed by atoms with Crippen LogP contribution in [0, 0.1) is 0 Å². The van der Waals surface area contributed by atoms with E-state index in [-0.39, 0.29) is 18.4 Å². The van der Waals surface area contributed by atoms with Crippen molar-refractivity contribution >= 4 is 32.8 Å². The van der Waals surface area contributed by atoms with Crippen molar-refractivity contribution in [1.82, 2.24) is 5.32 Å². The van der Waals surface area contributed by atoms with Crippen LogP contribution < -0.4 is 10.1 Å². The van der Waals surface area contributed by atoms with Gasteiger partial charge in [-0.25, -0.2) is 0 Å². The Balaban J connectivity index is 1.72. The van der Waals surface area contributed by atoms with Crippen LogP contribution in [0.5, 0.6) is 5.75 Å². The van der Waals surface area contributed by atoms with Crippen molar-refractivity contribution in [3.63, 3.8) is 0 Å². The molecule has 0 spiro atoms. The zero-order valence-corrected chi connectivity index (χ0v) is 15.1. The lowest BCUT2D eigenvalue weighted by Crippen LogP contribution is -2.28. The molecule has 1 atom stereocenters. The van der Waals surface area contributed by atoms with Crippen LogP contribution in [0.2, 0.25) is 0 Å². The summed E-state index contributed by atoms with van der Waals surface area (Å²) in [6.07, 6.45) is 1.90. The second-order valence-electron chi connectivity index (χ2n) is 5.61. The molecule has 24 heavy (non-hydrogen) atoms. The Bertz CT molecular complexity index is 872. The van der Waals surface area contributed by atoms with E-state index in [0.29, 0.717) is 0 Å². The molecule has 0 bridgehead atoms. The topological polar surface area (TPSA) is 51.5 Å². The molecule has 1 aromatic heterocycles. The molecular formula is C19H18BrNO3. The minimum atomic E-state index is -0.0775. The molecule has 3 aromatic rings. The van der Waals surface area contributed by atoms with Gasteiger partial charge in [0.2, 0.25) is 5.91 Å². The zero-order valence-electron chi connectivity index (χ0n) is 13.5. The second-order valence-corrected chi connectivity index (χ2v) is 6.46. The molecule has 5 heteroatoms. The van der Waals surface area contributed by atoms with Crippen LogP contribution in [-0.4, -0.2) is 13.0 Å². The number of ether oxygens (including phenoxy) is 1. The number of nitrogens with one attached hydrogen (secondary N) is 1. The normalized spacial score (nSPS) is 12.1. The summed E-state index contributed by atoms with van der Waals surface area (Å²) in [4.78, 5) is 12.4. The molecule has 1 N–H and O–H groups in total. The van der Waals surface area contributed by atoms with Gasteiger partial charge in [-0.15, -0.1) is 0 Å². The fourth-order valence-corrected chi connectivity index (χ4v) is 3.33. The quantitative estimate of drug-likeness (QED) is 0.694. The number of amides is 1. The first-order valence-electron chi connectivity index (χ1n) is 7.66. The molecule has 1 amide bonds. The number of carbonyl (C=O) groups excluding carboxylic acids is 1. The SMILES string of the molecule is COc1ccc2c(CC(=O)NC(C)c3ccccc3Br)coc2c1.